The number of nitrogens with zero attached hydrogens (tertiary/aromatic N) is 1. The second-order valence-electron chi connectivity index (χ2n) is 7.51. The number of ether oxygens (including phenoxy) is 2. The molecule has 0 saturated carbocycles. The molecule has 2 aliphatic rings. The smallest absolute Gasteiger partial charge is 0.336 e. The lowest BCUT2D eigenvalue weighted by atomic mass is 9.79. The summed E-state index contributed by atoms with van der Waals surface area (Å²) >= 11 is 0. The summed E-state index contributed by atoms with van der Waals surface area (Å²) in [5, 5.41) is 3.32. The van der Waals surface area contributed by atoms with Crippen molar-refractivity contribution in [2.45, 2.75) is 45.4 Å². The van der Waals surface area contributed by atoms with Gasteiger partial charge < -0.3 is 20.5 Å². The van der Waals surface area contributed by atoms with Crippen molar-refractivity contribution >= 4 is 17.5 Å². The number of nitrogens with one attached hydrogen (secondary N) is 1. The van der Waals surface area contributed by atoms with Crippen LogP contribution in [0.15, 0.2) is 35.5 Å². The molecule has 4 rings (SSSR count). The minimum Gasteiger partial charge on any atom is -0.497 e. The Morgan fingerprint density at radius 1 is 1.31 bits per heavy atom. The van der Waals surface area contributed by atoms with Crippen molar-refractivity contribution in [3.8, 4) is 5.75 Å². The number of carbonyl (C=O) groups excluding carboxylic acids is 1. The third-order valence-electron chi connectivity index (χ3n) is 5.77. The van der Waals surface area contributed by atoms with Gasteiger partial charge in [-0.15, -0.1) is 0 Å². The zero-order valence-electron chi connectivity index (χ0n) is 17.2. The summed E-state index contributed by atoms with van der Waals surface area (Å²) in [6.07, 6.45) is 4.09. The molecule has 1 aliphatic heterocycles. The summed E-state index contributed by atoms with van der Waals surface area (Å²) in [6.45, 7) is 4.01. The zero-order chi connectivity index (χ0) is 20.5. The van der Waals surface area contributed by atoms with E-state index in [0.717, 1.165) is 71.0 Å². The number of rotatable bonds is 4. The van der Waals surface area contributed by atoms with E-state index >= 15 is 0 Å². The Kier molecular flexibility index (Phi) is 5.18. The van der Waals surface area contributed by atoms with E-state index in [1.54, 1.807) is 7.11 Å². The maximum atomic E-state index is 12.9. The van der Waals surface area contributed by atoms with Gasteiger partial charge in [0, 0.05) is 28.6 Å². The number of aryl methyl sites for hydroxylation is 1. The molecule has 1 atom stereocenters. The minimum absolute atomic E-state index is 0.311. The number of benzene rings is 1. The fourth-order valence-corrected chi connectivity index (χ4v) is 4.42. The lowest BCUT2D eigenvalue weighted by molar-refractivity contribution is -0.138. The van der Waals surface area contributed by atoms with Crippen molar-refractivity contribution in [1.29, 1.82) is 0 Å². The highest BCUT2D eigenvalue weighted by Crippen LogP contribution is 2.47. The molecular formula is C23H27N3O3. The maximum Gasteiger partial charge on any atom is 0.336 e. The molecule has 0 saturated heterocycles. The molecule has 0 spiro atoms. The Balaban J connectivity index is 1.96. The number of hydrogen-bond acceptors (Lipinski definition) is 6. The molecule has 152 valence electrons. The molecule has 2 aromatic rings. The first kappa shape index (κ1) is 19.3. The number of aromatic nitrogens is 1. The van der Waals surface area contributed by atoms with Crippen LogP contribution in [0.2, 0.25) is 0 Å². The molecule has 0 unspecified atom stereocenters. The SMILES string of the molecule is CCOC(=O)C1=C(C)Nc2nc3c(c(N)c2[C@@H]1c1cccc(OC)c1)CCCC3. The molecule has 1 aromatic carbocycles. The van der Waals surface area contributed by atoms with Crippen LogP contribution in [-0.4, -0.2) is 24.7 Å². The van der Waals surface area contributed by atoms with Crippen molar-refractivity contribution in [3.63, 3.8) is 0 Å². The Morgan fingerprint density at radius 3 is 2.86 bits per heavy atom. The number of allylic oxidation sites excluding steroid dienone is 1. The van der Waals surface area contributed by atoms with Crippen LogP contribution in [0.5, 0.6) is 5.75 Å². The summed E-state index contributed by atoms with van der Waals surface area (Å²) in [7, 11) is 1.63. The number of pyridine rings is 1. The number of hydrogen-bond donors (Lipinski definition) is 2. The van der Waals surface area contributed by atoms with Crippen molar-refractivity contribution in [3.05, 3.63) is 57.9 Å². The molecule has 0 fully saturated rings. The summed E-state index contributed by atoms with van der Waals surface area (Å²) in [4.78, 5) is 17.9. The Hall–Kier alpha value is -3.02. The van der Waals surface area contributed by atoms with Gasteiger partial charge in [-0.2, -0.15) is 0 Å². The maximum absolute atomic E-state index is 12.9. The van der Waals surface area contributed by atoms with E-state index in [-0.39, 0.29) is 11.9 Å². The van der Waals surface area contributed by atoms with Crippen molar-refractivity contribution in [2.75, 3.05) is 24.8 Å². The average Bonchev–Trinajstić information content (AvgIpc) is 2.73. The van der Waals surface area contributed by atoms with Gasteiger partial charge in [-0.25, -0.2) is 9.78 Å². The number of anilines is 2. The van der Waals surface area contributed by atoms with E-state index in [4.69, 9.17) is 20.2 Å². The van der Waals surface area contributed by atoms with Gasteiger partial charge in [0.15, 0.2) is 0 Å². The summed E-state index contributed by atoms with van der Waals surface area (Å²) in [5.74, 6) is 0.766. The van der Waals surface area contributed by atoms with E-state index in [1.807, 2.05) is 38.1 Å². The van der Waals surface area contributed by atoms with E-state index < -0.39 is 0 Å². The lowest BCUT2D eigenvalue weighted by Crippen LogP contribution is -2.27. The first-order valence-electron chi connectivity index (χ1n) is 10.1. The number of esters is 1. The van der Waals surface area contributed by atoms with Crippen LogP contribution in [-0.2, 0) is 22.4 Å². The van der Waals surface area contributed by atoms with E-state index in [2.05, 4.69) is 5.32 Å². The third-order valence-corrected chi connectivity index (χ3v) is 5.77. The Labute approximate surface area is 171 Å². The van der Waals surface area contributed by atoms with E-state index in [0.29, 0.717) is 12.2 Å². The van der Waals surface area contributed by atoms with Crippen molar-refractivity contribution < 1.29 is 14.3 Å². The summed E-state index contributed by atoms with van der Waals surface area (Å²) in [6, 6.07) is 7.76. The number of nitrogens with two attached hydrogens (primary N) is 1. The molecule has 2 heterocycles. The first-order valence-corrected chi connectivity index (χ1v) is 10.1. The van der Waals surface area contributed by atoms with Gasteiger partial charge in [-0.3, -0.25) is 0 Å². The van der Waals surface area contributed by atoms with Crippen molar-refractivity contribution in [2.24, 2.45) is 0 Å². The minimum atomic E-state index is -0.361. The second kappa shape index (κ2) is 7.78. The first-order chi connectivity index (χ1) is 14.0. The molecule has 0 amide bonds. The molecule has 1 aliphatic carbocycles. The van der Waals surface area contributed by atoms with Gasteiger partial charge in [0.2, 0.25) is 0 Å². The highest BCUT2D eigenvalue weighted by molar-refractivity contribution is 5.95. The molecule has 29 heavy (non-hydrogen) atoms. The van der Waals surface area contributed by atoms with E-state index in [9.17, 15) is 4.79 Å². The molecular weight excluding hydrogens is 366 g/mol. The van der Waals surface area contributed by atoms with Crippen LogP contribution in [0.3, 0.4) is 0 Å². The van der Waals surface area contributed by atoms with Crippen molar-refractivity contribution in [1.82, 2.24) is 4.98 Å². The predicted molar refractivity (Wildman–Crippen MR) is 113 cm³/mol. The topological polar surface area (TPSA) is 86.5 Å². The summed E-state index contributed by atoms with van der Waals surface area (Å²) in [5.41, 5.74) is 12.7. The molecule has 0 bridgehead atoms. The summed E-state index contributed by atoms with van der Waals surface area (Å²) < 4.78 is 10.8. The quantitative estimate of drug-likeness (QED) is 0.765. The van der Waals surface area contributed by atoms with Crippen LogP contribution in [0.1, 0.15) is 55.0 Å². The zero-order valence-corrected chi connectivity index (χ0v) is 17.2. The van der Waals surface area contributed by atoms with Crippen LogP contribution in [0, 0.1) is 0 Å². The molecule has 3 N–H and O–H groups in total. The number of methoxy groups -OCH3 is 1. The molecule has 1 aromatic heterocycles. The second-order valence-corrected chi connectivity index (χ2v) is 7.51. The van der Waals surface area contributed by atoms with Gasteiger partial charge in [0.05, 0.1) is 19.3 Å². The fraction of sp³-hybridized carbons (Fsp3) is 0.391. The van der Waals surface area contributed by atoms with Crippen LogP contribution in [0.4, 0.5) is 11.5 Å². The number of carbonyl (C=O) groups is 1. The van der Waals surface area contributed by atoms with Gasteiger partial charge in [-0.1, -0.05) is 12.1 Å². The average molecular weight is 393 g/mol. The van der Waals surface area contributed by atoms with Gasteiger partial charge >= 0.3 is 5.97 Å². The normalized spacial score (nSPS) is 17.8. The van der Waals surface area contributed by atoms with Gasteiger partial charge in [0.1, 0.15) is 11.6 Å². The molecule has 0 radical (unpaired) electrons. The number of nitrogen functional groups attached to an aromatic ring is 1. The fourth-order valence-electron chi connectivity index (χ4n) is 4.42. The van der Waals surface area contributed by atoms with E-state index in [1.165, 1.54) is 0 Å². The highest BCUT2D eigenvalue weighted by Gasteiger charge is 2.37. The van der Waals surface area contributed by atoms with Crippen LogP contribution in [0.25, 0.3) is 0 Å². The van der Waals surface area contributed by atoms with Crippen LogP contribution >= 0.6 is 0 Å². The Morgan fingerprint density at radius 2 is 2.10 bits per heavy atom. The number of fused-ring (bicyclic) bond motifs is 2. The molecule has 6 nitrogen and oxygen atoms in total. The van der Waals surface area contributed by atoms with Gasteiger partial charge in [-0.05, 0) is 62.8 Å². The predicted octanol–water partition coefficient (Wildman–Crippen LogP) is 3.95. The highest BCUT2D eigenvalue weighted by atomic mass is 16.5. The van der Waals surface area contributed by atoms with Gasteiger partial charge in [0.25, 0.3) is 0 Å². The monoisotopic (exact) mass is 393 g/mol. The third kappa shape index (κ3) is 3.33. The largest absolute Gasteiger partial charge is 0.497 e. The standard InChI is InChI=1S/C23H27N3O3/c1-4-29-23(27)18-13(2)25-22-20(19(18)14-8-7-9-15(12-14)28-3)21(24)16-10-5-6-11-17(16)26-22/h7-9,12,19H,4-6,10-11H2,1-3H3,(H3,24,25,26)/t19-/m1/s1. The Bertz CT molecular complexity index is 997. The lowest BCUT2D eigenvalue weighted by Gasteiger charge is -2.33. The van der Waals surface area contributed by atoms with Crippen LogP contribution < -0.4 is 15.8 Å². The molecule has 6 heteroatoms.